The summed E-state index contributed by atoms with van der Waals surface area (Å²) in [4.78, 5) is 24.7. The Morgan fingerprint density at radius 2 is 1.89 bits per heavy atom. The first-order valence-corrected chi connectivity index (χ1v) is 7.17. The van der Waals surface area contributed by atoms with Crippen molar-refractivity contribution in [1.82, 2.24) is 4.90 Å². The van der Waals surface area contributed by atoms with E-state index in [1.807, 2.05) is 6.92 Å². The standard InChI is InChI=1S/C14H26N2O3/c1-3-16(10-11(2)13(18)19)12(17)9-14(15)7-5-4-6-8-14/h11H,3-10,15H2,1-2H3,(H,18,19). The number of rotatable bonds is 6. The fourth-order valence-electron chi connectivity index (χ4n) is 2.66. The Kier molecular flexibility index (Phi) is 5.79. The van der Waals surface area contributed by atoms with Gasteiger partial charge in [-0.05, 0) is 19.8 Å². The molecule has 0 aromatic carbocycles. The lowest BCUT2D eigenvalue weighted by Gasteiger charge is -2.35. The van der Waals surface area contributed by atoms with Crippen LogP contribution in [0.2, 0.25) is 0 Å². The Hall–Kier alpha value is -1.10. The highest BCUT2D eigenvalue weighted by molar-refractivity contribution is 5.78. The molecule has 0 aromatic heterocycles. The number of hydrogen-bond acceptors (Lipinski definition) is 3. The van der Waals surface area contributed by atoms with Crippen LogP contribution in [0.3, 0.4) is 0 Å². The van der Waals surface area contributed by atoms with Crippen LogP contribution in [0.4, 0.5) is 0 Å². The molecule has 5 heteroatoms. The SMILES string of the molecule is CCN(CC(C)C(=O)O)C(=O)CC1(N)CCCCC1. The second-order valence-corrected chi connectivity index (χ2v) is 5.77. The Morgan fingerprint density at radius 1 is 1.32 bits per heavy atom. The first-order chi connectivity index (χ1) is 8.88. The van der Waals surface area contributed by atoms with Gasteiger partial charge in [-0.2, -0.15) is 0 Å². The number of nitrogens with zero attached hydrogens (tertiary/aromatic N) is 1. The minimum absolute atomic E-state index is 0.0139. The molecule has 1 rings (SSSR count). The van der Waals surface area contributed by atoms with Gasteiger partial charge in [0.15, 0.2) is 0 Å². The number of amides is 1. The summed E-state index contributed by atoms with van der Waals surface area (Å²) in [5.41, 5.74) is 5.90. The van der Waals surface area contributed by atoms with E-state index in [2.05, 4.69) is 0 Å². The maximum absolute atomic E-state index is 12.3. The molecule has 0 aromatic rings. The molecule has 1 fully saturated rings. The summed E-state index contributed by atoms with van der Waals surface area (Å²) in [5, 5.41) is 8.92. The van der Waals surface area contributed by atoms with Gasteiger partial charge in [-0.3, -0.25) is 9.59 Å². The predicted octanol–water partition coefficient (Wildman–Crippen LogP) is 1.61. The van der Waals surface area contributed by atoms with Gasteiger partial charge >= 0.3 is 5.97 Å². The van der Waals surface area contributed by atoms with Crippen molar-refractivity contribution in [2.75, 3.05) is 13.1 Å². The lowest BCUT2D eigenvalue weighted by atomic mass is 9.80. The fourth-order valence-corrected chi connectivity index (χ4v) is 2.66. The molecule has 110 valence electrons. The maximum atomic E-state index is 12.3. The molecule has 1 aliphatic rings. The summed E-state index contributed by atoms with van der Waals surface area (Å²) >= 11 is 0. The average Bonchev–Trinajstić information content (AvgIpc) is 2.35. The summed E-state index contributed by atoms with van der Waals surface area (Å²) in [7, 11) is 0. The largest absolute Gasteiger partial charge is 0.481 e. The molecule has 0 heterocycles. The van der Waals surface area contributed by atoms with Crippen LogP contribution in [-0.4, -0.2) is 40.5 Å². The number of nitrogens with two attached hydrogens (primary N) is 1. The predicted molar refractivity (Wildman–Crippen MR) is 73.7 cm³/mol. The van der Waals surface area contributed by atoms with Gasteiger partial charge in [-0.15, -0.1) is 0 Å². The minimum Gasteiger partial charge on any atom is -0.481 e. The first-order valence-electron chi connectivity index (χ1n) is 7.17. The monoisotopic (exact) mass is 270 g/mol. The smallest absolute Gasteiger partial charge is 0.308 e. The normalized spacial score (nSPS) is 19.7. The summed E-state index contributed by atoms with van der Waals surface area (Å²) in [5.74, 6) is -1.42. The van der Waals surface area contributed by atoms with E-state index in [0.717, 1.165) is 25.7 Å². The van der Waals surface area contributed by atoms with Gasteiger partial charge in [0, 0.05) is 25.0 Å². The third-order valence-corrected chi connectivity index (χ3v) is 4.00. The van der Waals surface area contributed by atoms with Crippen molar-refractivity contribution in [2.24, 2.45) is 11.7 Å². The zero-order chi connectivity index (χ0) is 14.5. The number of aliphatic carboxylic acids is 1. The Balaban J connectivity index is 2.55. The van der Waals surface area contributed by atoms with Crippen molar-refractivity contribution in [2.45, 2.75) is 57.9 Å². The summed E-state index contributed by atoms with van der Waals surface area (Å²) in [6, 6.07) is 0. The summed E-state index contributed by atoms with van der Waals surface area (Å²) in [6.07, 6.45) is 5.49. The second kappa shape index (κ2) is 6.89. The van der Waals surface area contributed by atoms with Crippen LogP contribution in [0.15, 0.2) is 0 Å². The molecule has 19 heavy (non-hydrogen) atoms. The van der Waals surface area contributed by atoms with Crippen molar-refractivity contribution >= 4 is 11.9 Å². The van der Waals surface area contributed by atoms with E-state index >= 15 is 0 Å². The molecule has 1 atom stereocenters. The van der Waals surface area contributed by atoms with Crippen molar-refractivity contribution in [3.8, 4) is 0 Å². The third kappa shape index (κ3) is 4.82. The number of carboxylic acids is 1. The molecule has 1 saturated carbocycles. The van der Waals surface area contributed by atoms with Crippen LogP contribution in [-0.2, 0) is 9.59 Å². The highest BCUT2D eigenvalue weighted by Crippen LogP contribution is 2.29. The molecule has 3 N–H and O–H groups in total. The van der Waals surface area contributed by atoms with E-state index in [0.29, 0.717) is 13.0 Å². The van der Waals surface area contributed by atoms with Crippen molar-refractivity contribution < 1.29 is 14.7 Å². The van der Waals surface area contributed by atoms with Gasteiger partial charge in [-0.25, -0.2) is 0 Å². The number of hydrogen-bond donors (Lipinski definition) is 2. The molecule has 0 bridgehead atoms. The van der Waals surface area contributed by atoms with Crippen LogP contribution in [0, 0.1) is 5.92 Å². The molecule has 1 unspecified atom stereocenters. The molecule has 0 saturated heterocycles. The first kappa shape index (κ1) is 16.0. The van der Waals surface area contributed by atoms with Gasteiger partial charge in [0.2, 0.25) is 5.91 Å². The van der Waals surface area contributed by atoms with Gasteiger partial charge < -0.3 is 15.7 Å². The zero-order valence-electron chi connectivity index (χ0n) is 12.0. The van der Waals surface area contributed by atoms with Crippen molar-refractivity contribution in [1.29, 1.82) is 0 Å². The fraction of sp³-hybridized carbons (Fsp3) is 0.857. The van der Waals surface area contributed by atoms with Gasteiger partial charge in [-0.1, -0.05) is 26.2 Å². The summed E-state index contributed by atoms with van der Waals surface area (Å²) < 4.78 is 0. The quantitative estimate of drug-likeness (QED) is 0.768. The molecular weight excluding hydrogens is 244 g/mol. The number of carbonyl (C=O) groups is 2. The topological polar surface area (TPSA) is 83.6 Å². The average molecular weight is 270 g/mol. The van der Waals surface area contributed by atoms with Gasteiger partial charge in [0.1, 0.15) is 0 Å². The molecule has 1 amide bonds. The summed E-state index contributed by atoms with van der Waals surface area (Å²) in [6.45, 7) is 4.29. The van der Waals surface area contributed by atoms with E-state index in [9.17, 15) is 9.59 Å². The van der Waals surface area contributed by atoms with Crippen LogP contribution in [0.25, 0.3) is 0 Å². The minimum atomic E-state index is -0.869. The van der Waals surface area contributed by atoms with Crippen LogP contribution in [0.5, 0.6) is 0 Å². The molecular formula is C14H26N2O3. The number of carbonyl (C=O) groups excluding carboxylic acids is 1. The highest BCUT2D eigenvalue weighted by Gasteiger charge is 2.32. The maximum Gasteiger partial charge on any atom is 0.308 e. The van der Waals surface area contributed by atoms with E-state index in [4.69, 9.17) is 10.8 Å². The number of carboxylic acid groups (broad SMARTS) is 1. The van der Waals surface area contributed by atoms with E-state index in [-0.39, 0.29) is 18.0 Å². The van der Waals surface area contributed by atoms with Crippen LogP contribution in [0.1, 0.15) is 52.4 Å². The van der Waals surface area contributed by atoms with Crippen LogP contribution < -0.4 is 5.73 Å². The Morgan fingerprint density at radius 3 is 2.37 bits per heavy atom. The molecule has 0 aliphatic heterocycles. The van der Waals surface area contributed by atoms with E-state index in [1.54, 1.807) is 11.8 Å². The Labute approximate surface area is 115 Å². The third-order valence-electron chi connectivity index (χ3n) is 4.00. The van der Waals surface area contributed by atoms with Crippen molar-refractivity contribution in [3.05, 3.63) is 0 Å². The molecule has 0 spiro atoms. The second-order valence-electron chi connectivity index (χ2n) is 5.77. The van der Waals surface area contributed by atoms with E-state index < -0.39 is 11.9 Å². The van der Waals surface area contributed by atoms with Gasteiger partial charge in [0.25, 0.3) is 0 Å². The van der Waals surface area contributed by atoms with Crippen molar-refractivity contribution in [3.63, 3.8) is 0 Å². The van der Waals surface area contributed by atoms with Gasteiger partial charge in [0.05, 0.1) is 5.92 Å². The Bertz CT molecular complexity index is 325. The zero-order valence-corrected chi connectivity index (χ0v) is 12.0. The molecule has 5 nitrogen and oxygen atoms in total. The lowest BCUT2D eigenvalue weighted by Crippen LogP contribution is -2.48. The highest BCUT2D eigenvalue weighted by atomic mass is 16.4. The molecule has 0 radical (unpaired) electrons. The lowest BCUT2D eigenvalue weighted by molar-refractivity contribution is -0.143. The van der Waals surface area contributed by atoms with E-state index in [1.165, 1.54) is 6.42 Å². The molecule has 1 aliphatic carbocycles. The van der Waals surface area contributed by atoms with Crippen LogP contribution >= 0.6 is 0 Å².